The average molecular weight is 419 g/mol. The van der Waals surface area contributed by atoms with Gasteiger partial charge < -0.3 is 15.6 Å². The van der Waals surface area contributed by atoms with Crippen LogP contribution in [0.25, 0.3) is 11.6 Å². The number of azo groups is 1. The molecule has 3 N–H and O–H groups in total. The van der Waals surface area contributed by atoms with Gasteiger partial charge in [0.05, 0.1) is 23.4 Å². The molecule has 4 rings (SSSR count). The van der Waals surface area contributed by atoms with Gasteiger partial charge in [-0.3, -0.25) is 4.79 Å². The number of hydrogen-bond acceptors (Lipinski definition) is 8. The molecule has 4 aromatic rings. The zero-order valence-corrected chi connectivity index (χ0v) is 16.5. The van der Waals surface area contributed by atoms with E-state index < -0.39 is 0 Å². The first-order valence-corrected chi connectivity index (χ1v) is 9.91. The van der Waals surface area contributed by atoms with Gasteiger partial charge >= 0.3 is 0 Å². The molecule has 0 aliphatic rings. The molecule has 0 bridgehead atoms. The molecule has 0 unspecified atom stereocenters. The van der Waals surface area contributed by atoms with Gasteiger partial charge in [0.25, 0.3) is 0 Å². The van der Waals surface area contributed by atoms with Gasteiger partial charge in [-0.15, -0.1) is 10.2 Å². The number of hydrogen-bond donors (Lipinski definition) is 2. The molecule has 0 saturated heterocycles. The summed E-state index contributed by atoms with van der Waals surface area (Å²) < 4.78 is 6.56. The van der Waals surface area contributed by atoms with Crippen LogP contribution >= 0.6 is 11.8 Å². The largest absolute Gasteiger partial charge is 0.461 e. The highest BCUT2D eigenvalue weighted by Crippen LogP contribution is 2.23. The van der Waals surface area contributed by atoms with E-state index in [-0.39, 0.29) is 11.7 Å². The Morgan fingerprint density at radius 2 is 1.73 bits per heavy atom. The van der Waals surface area contributed by atoms with Gasteiger partial charge in [-0.05, 0) is 48.5 Å². The summed E-state index contributed by atoms with van der Waals surface area (Å²) in [7, 11) is 0. The zero-order chi connectivity index (χ0) is 20.8. The van der Waals surface area contributed by atoms with E-state index in [2.05, 4.69) is 25.7 Å². The molecule has 9 nitrogen and oxygen atoms in total. The minimum atomic E-state index is -0.193. The zero-order valence-electron chi connectivity index (χ0n) is 15.7. The molecule has 2 heterocycles. The molecule has 0 radical (unpaired) electrons. The molecule has 2 aromatic heterocycles. The van der Waals surface area contributed by atoms with Crippen LogP contribution in [0, 0.1) is 0 Å². The SMILES string of the molecule is Nn1c(SCC(=O)Nc2ccc(N=Nc3ccccc3)cc2)nnc1-c1ccco1. The van der Waals surface area contributed by atoms with Gasteiger partial charge in [0.15, 0.2) is 5.76 Å². The summed E-state index contributed by atoms with van der Waals surface area (Å²) in [6.07, 6.45) is 1.53. The summed E-state index contributed by atoms with van der Waals surface area (Å²) in [6, 6.07) is 20.0. The number of nitrogens with one attached hydrogen (secondary N) is 1. The van der Waals surface area contributed by atoms with E-state index in [4.69, 9.17) is 10.3 Å². The normalized spacial score (nSPS) is 11.1. The van der Waals surface area contributed by atoms with E-state index in [0.717, 1.165) is 5.69 Å². The molecule has 2 aromatic carbocycles. The molecular weight excluding hydrogens is 402 g/mol. The molecule has 150 valence electrons. The standard InChI is InChI=1S/C20H17N7O2S/c21-27-19(17-7-4-12-29-17)25-26-20(27)30-13-18(28)22-14-8-10-16(11-9-14)24-23-15-5-2-1-3-6-15/h1-12H,13,21H2,(H,22,28). The third kappa shape index (κ3) is 4.73. The Kier molecular flexibility index (Phi) is 5.85. The van der Waals surface area contributed by atoms with Crippen LogP contribution in [0.2, 0.25) is 0 Å². The molecule has 10 heteroatoms. The number of furan rings is 1. The van der Waals surface area contributed by atoms with Gasteiger partial charge in [-0.1, -0.05) is 30.0 Å². The van der Waals surface area contributed by atoms with Crippen LogP contribution in [0.4, 0.5) is 17.1 Å². The Hall–Kier alpha value is -3.92. The lowest BCUT2D eigenvalue weighted by Gasteiger charge is -2.05. The van der Waals surface area contributed by atoms with E-state index in [0.29, 0.717) is 28.1 Å². The van der Waals surface area contributed by atoms with Crippen molar-refractivity contribution in [2.24, 2.45) is 10.2 Å². The smallest absolute Gasteiger partial charge is 0.234 e. The highest BCUT2D eigenvalue weighted by Gasteiger charge is 2.15. The molecule has 0 aliphatic heterocycles. The van der Waals surface area contributed by atoms with Gasteiger partial charge in [-0.25, -0.2) is 4.68 Å². The third-order valence-corrected chi connectivity index (χ3v) is 4.87. The second-order valence-electron chi connectivity index (χ2n) is 6.07. The van der Waals surface area contributed by atoms with E-state index in [1.54, 1.807) is 36.4 Å². The molecule has 30 heavy (non-hydrogen) atoms. The van der Waals surface area contributed by atoms with Crippen molar-refractivity contribution in [2.75, 3.05) is 16.9 Å². The first kappa shape index (κ1) is 19.4. The monoisotopic (exact) mass is 419 g/mol. The topological polar surface area (TPSA) is 124 Å². The van der Waals surface area contributed by atoms with Crippen molar-refractivity contribution in [1.29, 1.82) is 0 Å². The predicted octanol–water partition coefficient (Wildman–Crippen LogP) is 4.40. The maximum atomic E-state index is 12.2. The van der Waals surface area contributed by atoms with Crippen molar-refractivity contribution in [3.05, 3.63) is 73.0 Å². The van der Waals surface area contributed by atoms with Crippen LogP contribution in [0.15, 0.2) is 92.8 Å². The van der Waals surface area contributed by atoms with E-state index >= 15 is 0 Å². The molecule has 0 spiro atoms. The van der Waals surface area contributed by atoms with Crippen molar-refractivity contribution in [3.8, 4) is 11.6 Å². The summed E-state index contributed by atoms with van der Waals surface area (Å²) in [5.74, 6) is 6.81. The molecule has 0 fully saturated rings. The second kappa shape index (κ2) is 9.05. The lowest BCUT2D eigenvalue weighted by Crippen LogP contribution is -2.16. The lowest BCUT2D eigenvalue weighted by atomic mass is 10.3. The van der Waals surface area contributed by atoms with Crippen molar-refractivity contribution in [2.45, 2.75) is 5.16 Å². The quantitative estimate of drug-likeness (QED) is 0.260. The Balaban J connectivity index is 1.31. The first-order chi connectivity index (χ1) is 14.7. The Labute approximate surface area is 176 Å². The Bertz CT molecular complexity index is 1140. The summed E-state index contributed by atoms with van der Waals surface area (Å²) in [5, 5.41) is 19.5. The van der Waals surface area contributed by atoms with Crippen LogP contribution in [-0.2, 0) is 4.79 Å². The number of rotatable bonds is 7. The molecule has 0 aliphatic carbocycles. The average Bonchev–Trinajstić information content (AvgIpc) is 3.42. The van der Waals surface area contributed by atoms with Gasteiger partial charge in [-0.2, -0.15) is 10.2 Å². The fraction of sp³-hybridized carbons (Fsp3) is 0.0500. The summed E-state index contributed by atoms with van der Waals surface area (Å²) in [4.78, 5) is 12.2. The third-order valence-electron chi connectivity index (χ3n) is 3.93. The lowest BCUT2D eigenvalue weighted by molar-refractivity contribution is -0.113. The molecule has 1 amide bonds. The van der Waals surface area contributed by atoms with Crippen molar-refractivity contribution >= 4 is 34.7 Å². The Morgan fingerprint density at radius 3 is 2.43 bits per heavy atom. The van der Waals surface area contributed by atoms with Gasteiger partial charge in [0, 0.05) is 5.69 Å². The number of carbonyl (C=O) groups excluding carboxylic acids is 1. The number of nitrogen functional groups attached to an aromatic ring is 1. The van der Waals surface area contributed by atoms with Crippen molar-refractivity contribution in [3.63, 3.8) is 0 Å². The first-order valence-electron chi connectivity index (χ1n) is 8.93. The number of carbonyl (C=O) groups is 1. The van der Waals surface area contributed by atoms with E-state index in [9.17, 15) is 4.79 Å². The predicted molar refractivity (Wildman–Crippen MR) is 114 cm³/mol. The maximum absolute atomic E-state index is 12.2. The summed E-state index contributed by atoms with van der Waals surface area (Å²) in [5.41, 5.74) is 2.12. The fourth-order valence-electron chi connectivity index (χ4n) is 2.50. The highest BCUT2D eigenvalue weighted by molar-refractivity contribution is 7.99. The minimum absolute atomic E-state index is 0.128. The van der Waals surface area contributed by atoms with E-state index in [1.807, 2.05) is 30.3 Å². The highest BCUT2D eigenvalue weighted by atomic mass is 32.2. The maximum Gasteiger partial charge on any atom is 0.234 e. The van der Waals surface area contributed by atoms with Gasteiger partial charge in [0.1, 0.15) is 0 Å². The van der Waals surface area contributed by atoms with Crippen LogP contribution in [-0.4, -0.2) is 26.5 Å². The van der Waals surface area contributed by atoms with Crippen LogP contribution in [0.5, 0.6) is 0 Å². The van der Waals surface area contributed by atoms with Crippen LogP contribution in [0.1, 0.15) is 0 Å². The number of aromatic nitrogens is 3. The number of nitrogens with zero attached hydrogens (tertiary/aromatic N) is 5. The van der Waals surface area contributed by atoms with Crippen molar-refractivity contribution in [1.82, 2.24) is 14.9 Å². The number of nitrogens with two attached hydrogens (primary N) is 1. The van der Waals surface area contributed by atoms with E-state index in [1.165, 1.54) is 22.7 Å². The molecular formula is C20H17N7O2S. The van der Waals surface area contributed by atoms with Crippen molar-refractivity contribution < 1.29 is 9.21 Å². The summed E-state index contributed by atoms with van der Waals surface area (Å²) >= 11 is 1.18. The van der Waals surface area contributed by atoms with Crippen LogP contribution < -0.4 is 11.2 Å². The minimum Gasteiger partial charge on any atom is -0.461 e. The second-order valence-corrected chi connectivity index (χ2v) is 7.02. The van der Waals surface area contributed by atoms with Gasteiger partial charge in [0.2, 0.25) is 16.9 Å². The number of anilines is 1. The van der Waals surface area contributed by atoms with Crippen LogP contribution in [0.3, 0.4) is 0 Å². The Morgan fingerprint density at radius 1 is 1.00 bits per heavy atom. The number of benzene rings is 2. The summed E-state index contributed by atoms with van der Waals surface area (Å²) in [6.45, 7) is 0. The number of amides is 1. The molecule has 0 atom stereocenters. The fourth-order valence-corrected chi connectivity index (χ4v) is 3.15. The molecule has 0 saturated carbocycles. The number of thioether (sulfide) groups is 1.